The first-order valence-corrected chi connectivity index (χ1v) is 52.5. The Morgan fingerprint density at radius 3 is 1.01 bits per heavy atom. The number of furan rings is 3. The van der Waals surface area contributed by atoms with E-state index in [1.807, 2.05) is 52.2 Å². The van der Waals surface area contributed by atoms with Crippen molar-refractivity contribution in [2.75, 3.05) is 0 Å². The minimum atomic E-state index is 0.913. The molecule has 0 aliphatic rings. The van der Waals surface area contributed by atoms with E-state index in [9.17, 15) is 0 Å². The molecule has 0 aliphatic heterocycles. The van der Waals surface area contributed by atoms with Gasteiger partial charge in [0, 0.05) is 177 Å². The van der Waals surface area contributed by atoms with Crippen LogP contribution in [0.4, 0.5) is 0 Å². The molecule has 10 heteroatoms. The minimum Gasteiger partial charge on any atom is -0.456 e. The zero-order valence-electron chi connectivity index (χ0n) is 81.2. The van der Waals surface area contributed by atoms with Gasteiger partial charge >= 0.3 is 0 Å². The van der Waals surface area contributed by atoms with E-state index in [-0.39, 0.29) is 0 Å². The van der Waals surface area contributed by atoms with Gasteiger partial charge in [-0.2, -0.15) is 0 Å². The van der Waals surface area contributed by atoms with Gasteiger partial charge in [-0.15, -0.1) is 34.0 Å². The Balaban J connectivity index is 0.0000000891. The second kappa shape index (κ2) is 35.3. The molecule has 0 saturated heterocycles. The van der Waals surface area contributed by atoms with E-state index in [1.165, 1.54) is 226 Å². The molecule has 10 aromatic heterocycles. The van der Waals surface area contributed by atoms with E-state index in [4.69, 9.17) is 13.3 Å². The summed E-state index contributed by atoms with van der Waals surface area (Å²) in [6, 6.07) is 168. The van der Waals surface area contributed by atoms with Gasteiger partial charge in [-0.1, -0.05) is 283 Å². The summed E-state index contributed by atoms with van der Waals surface area (Å²) in [5, 5.41) is 25.4. The number of thiophene rings is 3. The van der Waals surface area contributed by atoms with Gasteiger partial charge in [-0.3, -0.25) is 0 Å². The van der Waals surface area contributed by atoms with E-state index >= 15 is 0 Å². The molecular formula is C137H92N4O3S3. The summed E-state index contributed by atoms with van der Waals surface area (Å²) in [4.78, 5) is 0. The average molecular weight is 1940 g/mol. The van der Waals surface area contributed by atoms with Crippen molar-refractivity contribution in [2.24, 2.45) is 7.05 Å². The molecule has 32 aromatic rings. The van der Waals surface area contributed by atoms with Crippen molar-refractivity contribution in [3.63, 3.8) is 0 Å². The van der Waals surface area contributed by atoms with E-state index in [1.54, 1.807) is 0 Å². The Morgan fingerprint density at radius 2 is 0.476 bits per heavy atom. The lowest BCUT2D eigenvalue weighted by molar-refractivity contribution is 0.668. The maximum absolute atomic E-state index is 6.21. The number of para-hydroxylation sites is 9. The number of hydrogen-bond donors (Lipinski definition) is 0. The number of benzene rings is 22. The van der Waals surface area contributed by atoms with Crippen molar-refractivity contribution in [3.8, 4) is 61.6 Å². The predicted molar refractivity (Wildman–Crippen MR) is 630 cm³/mol. The highest BCUT2D eigenvalue weighted by atomic mass is 32.1. The number of aryl methyl sites for hydroxylation is 5. The summed E-state index contributed by atoms with van der Waals surface area (Å²) in [6.45, 7) is 8.57. The number of fused-ring (bicyclic) bond motifs is 30. The molecule has 0 aliphatic carbocycles. The highest BCUT2D eigenvalue weighted by Gasteiger charge is 2.23. The van der Waals surface area contributed by atoms with E-state index in [2.05, 4.69) is 502 Å². The fraction of sp³-hybridized carbons (Fsp3) is 0.0365. The third-order valence-corrected chi connectivity index (χ3v) is 33.2. The number of aromatic nitrogens is 4. The molecule has 0 radical (unpaired) electrons. The van der Waals surface area contributed by atoms with E-state index in [0.29, 0.717) is 0 Å². The van der Waals surface area contributed by atoms with Crippen LogP contribution in [0.25, 0.3) is 275 Å². The van der Waals surface area contributed by atoms with E-state index in [0.717, 1.165) is 71.6 Å². The van der Waals surface area contributed by atoms with Crippen molar-refractivity contribution in [2.45, 2.75) is 27.7 Å². The molecule has 10 heterocycles. The molecule has 22 aromatic carbocycles. The summed E-state index contributed by atoms with van der Waals surface area (Å²) < 4.78 is 35.9. The van der Waals surface area contributed by atoms with Crippen LogP contribution in [-0.4, -0.2) is 18.3 Å². The fourth-order valence-corrected chi connectivity index (χ4v) is 26.1. The standard InChI is InChI=1S/C31H21NO.C31H21NS.C25H18N2.C25H16O2.C25H16S2/c2*1-20-11-15-30-26(17-20)27-19-22(13-16-31(27)33-30)21-12-14-29-25(18-21)24-9-5-6-10-28(24)32(29)23-7-3-2-4-8-23;1-26-22-11-5-2-10-20(22)21-16-17(14-15-23(21)26)27-24-12-6-3-8-18(24)19-9-4-7-13-25(19)27;2*1-15-9-11-23-20(13-15)21-14-16(10-12-24(21)26-23)17-6-4-7-19-18-5-2-3-8-22(18)27-25(17)19/h2*2-19H,1H3;2-16H,1H3;2*2-14H,1H3. The summed E-state index contributed by atoms with van der Waals surface area (Å²) >= 11 is 5.66. The smallest absolute Gasteiger partial charge is 0.143 e. The van der Waals surface area contributed by atoms with Gasteiger partial charge in [0.15, 0.2) is 0 Å². The third kappa shape index (κ3) is 14.9. The molecule has 696 valence electrons. The van der Waals surface area contributed by atoms with Crippen LogP contribution in [-0.2, 0) is 7.05 Å². The second-order valence-electron chi connectivity index (χ2n) is 38.8. The quantitative estimate of drug-likeness (QED) is 0.160. The number of nitrogens with zero attached hydrogens (tertiary/aromatic N) is 4. The van der Waals surface area contributed by atoms with Crippen LogP contribution in [0.5, 0.6) is 0 Å². The Morgan fingerprint density at radius 1 is 0.170 bits per heavy atom. The molecule has 147 heavy (non-hydrogen) atoms. The molecular weight excluding hydrogens is 1850 g/mol. The van der Waals surface area contributed by atoms with Crippen LogP contribution in [0.15, 0.2) is 480 Å². The zero-order chi connectivity index (χ0) is 97.8. The molecule has 0 atom stereocenters. The summed E-state index contributed by atoms with van der Waals surface area (Å²) in [6.07, 6.45) is 0. The monoisotopic (exact) mass is 1940 g/mol. The van der Waals surface area contributed by atoms with E-state index < -0.39 is 0 Å². The van der Waals surface area contributed by atoms with Crippen molar-refractivity contribution in [1.29, 1.82) is 0 Å². The Kier molecular flexibility index (Phi) is 20.9. The van der Waals surface area contributed by atoms with Gasteiger partial charge in [0.25, 0.3) is 0 Å². The Bertz CT molecular complexity index is 10400. The van der Waals surface area contributed by atoms with Crippen LogP contribution in [0.1, 0.15) is 22.3 Å². The molecule has 0 amide bonds. The van der Waals surface area contributed by atoms with Crippen molar-refractivity contribution >= 4 is 248 Å². The first kappa shape index (κ1) is 86.9. The molecule has 7 nitrogen and oxygen atoms in total. The van der Waals surface area contributed by atoms with Crippen molar-refractivity contribution in [3.05, 3.63) is 489 Å². The largest absolute Gasteiger partial charge is 0.456 e. The number of rotatable bonds is 7. The van der Waals surface area contributed by atoms with Crippen LogP contribution < -0.4 is 0 Å². The molecule has 0 N–H and O–H groups in total. The summed E-state index contributed by atoms with van der Waals surface area (Å²) in [5.74, 6) is 0. The van der Waals surface area contributed by atoms with Crippen molar-refractivity contribution in [1.82, 2.24) is 18.3 Å². The van der Waals surface area contributed by atoms with Gasteiger partial charge < -0.3 is 31.5 Å². The second-order valence-corrected chi connectivity index (χ2v) is 42.0. The topological polar surface area (TPSA) is 59.1 Å². The highest BCUT2D eigenvalue weighted by molar-refractivity contribution is 7.27. The SMILES string of the molecule is Cc1ccc2oc3ccc(-c4ccc5c(c4)c4ccccc4n5-c4ccccc4)cc3c2c1.Cc1ccc2oc3ccc(-c4cccc5c4oc4ccccc45)cc3c2c1.Cc1ccc2sc3ccc(-c4ccc5c(c4)c4ccccc4n5-c4ccccc4)cc3c2c1.Cc1ccc2sc3ccc(-c4cccc5c4sc4ccccc45)cc3c2c1.Cn1c2ccccc2c2cc(-n3c4ccccc4c4ccccc43)ccc21. The fourth-order valence-electron chi connectivity index (χ4n) is 22.7. The maximum atomic E-state index is 6.21. The lowest BCUT2D eigenvalue weighted by Crippen LogP contribution is -1.94. The third-order valence-electron chi connectivity index (χ3n) is 29.7. The lowest BCUT2D eigenvalue weighted by Gasteiger charge is -2.08. The van der Waals surface area contributed by atoms with Crippen LogP contribution in [0, 0.1) is 27.7 Å². The van der Waals surface area contributed by atoms with Gasteiger partial charge in [0.05, 0.1) is 33.1 Å². The summed E-state index contributed by atoms with van der Waals surface area (Å²) in [7, 11) is 2.14. The first-order chi connectivity index (χ1) is 72.4. The van der Waals surface area contributed by atoms with Crippen LogP contribution in [0.3, 0.4) is 0 Å². The maximum Gasteiger partial charge on any atom is 0.143 e. The molecule has 0 fully saturated rings. The van der Waals surface area contributed by atoms with Gasteiger partial charge in [-0.05, 0) is 273 Å². The number of hydrogen-bond acceptors (Lipinski definition) is 6. The minimum absolute atomic E-state index is 0.913. The van der Waals surface area contributed by atoms with Crippen molar-refractivity contribution < 1.29 is 13.3 Å². The molecule has 0 unspecified atom stereocenters. The average Bonchev–Trinajstić information content (AvgIpc) is 1.71. The molecule has 0 bridgehead atoms. The van der Waals surface area contributed by atoms with Gasteiger partial charge in [-0.25, -0.2) is 0 Å². The summed E-state index contributed by atoms with van der Waals surface area (Å²) in [5.41, 5.74) is 34.0. The van der Waals surface area contributed by atoms with Gasteiger partial charge in [0.2, 0.25) is 0 Å². The zero-order valence-corrected chi connectivity index (χ0v) is 83.6. The first-order valence-electron chi connectivity index (χ1n) is 50.1. The Labute approximate surface area is 858 Å². The highest BCUT2D eigenvalue weighted by Crippen LogP contribution is 2.48. The lowest BCUT2D eigenvalue weighted by atomic mass is 10.00. The van der Waals surface area contributed by atoms with Crippen LogP contribution >= 0.6 is 34.0 Å². The molecule has 0 spiro atoms. The molecule has 32 rings (SSSR count). The van der Waals surface area contributed by atoms with Gasteiger partial charge in [0.1, 0.15) is 33.5 Å². The molecule has 0 saturated carbocycles. The predicted octanol–water partition coefficient (Wildman–Crippen LogP) is 40.1. The Hall–Kier alpha value is -17.9. The van der Waals surface area contributed by atoms with Crippen LogP contribution in [0.2, 0.25) is 0 Å². The normalized spacial score (nSPS) is 11.8.